The van der Waals surface area contributed by atoms with E-state index in [0.29, 0.717) is 10.6 Å². The molecule has 3 rings (SSSR count). The van der Waals surface area contributed by atoms with E-state index in [0.717, 1.165) is 13.1 Å². The minimum atomic E-state index is -3.76. The number of carbonyl (C=O) groups is 1. The SMILES string of the molecule is CN1c2ccc(F)cc2N(CCNC(=O)c2cc(Br)cs2)S1(=O)=O. The maximum Gasteiger partial charge on any atom is 0.326 e. The molecule has 24 heavy (non-hydrogen) atoms. The van der Waals surface area contributed by atoms with Crippen LogP contribution in [-0.4, -0.2) is 34.5 Å². The lowest BCUT2D eigenvalue weighted by molar-refractivity contribution is 0.0959. The molecule has 2 aromatic rings. The van der Waals surface area contributed by atoms with Crippen LogP contribution in [0.2, 0.25) is 0 Å². The van der Waals surface area contributed by atoms with E-state index in [1.165, 1.54) is 36.6 Å². The lowest BCUT2D eigenvalue weighted by Crippen LogP contribution is -2.40. The van der Waals surface area contributed by atoms with Crippen molar-refractivity contribution in [2.75, 3.05) is 28.7 Å². The third kappa shape index (κ3) is 3.01. The Balaban J connectivity index is 1.73. The molecule has 1 aromatic heterocycles. The number of thiophene rings is 1. The van der Waals surface area contributed by atoms with E-state index in [9.17, 15) is 17.6 Å². The van der Waals surface area contributed by atoms with Gasteiger partial charge in [0.05, 0.1) is 22.8 Å². The molecular weight excluding hydrogens is 421 g/mol. The predicted molar refractivity (Wildman–Crippen MR) is 95.4 cm³/mol. The minimum Gasteiger partial charge on any atom is -0.350 e. The normalized spacial score (nSPS) is 15.5. The molecule has 0 fully saturated rings. The van der Waals surface area contributed by atoms with Crippen LogP contribution in [0.25, 0.3) is 0 Å². The molecule has 0 saturated carbocycles. The Morgan fingerprint density at radius 3 is 2.75 bits per heavy atom. The number of hydrogen-bond acceptors (Lipinski definition) is 4. The summed E-state index contributed by atoms with van der Waals surface area (Å²) >= 11 is 4.55. The minimum absolute atomic E-state index is 0.0153. The molecular formula is C14H13BrFN3O3S2. The van der Waals surface area contributed by atoms with Gasteiger partial charge in [0.2, 0.25) is 0 Å². The largest absolute Gasteiger partial charge is 0.350 e. The zero-order valence-corrected chi connectivity index (χ0v) is 15.7. The number of halogens is 2. The van der Waals surface area contributed by atoms with Crippen LogP contribution in [0.4, 0.5) is 15.8 Å². The highest BCUT2D eigenvalue weighted by Crippen LogP contribution is 2.39. The van der Waals surface area contributed by atoms with Crippen LogP contribution in [0.3, 0.4) is 0 Å². The fraction of sp³-hybridized carbons (Fsp3) is 0.214. The lowest BCUT2D eigenvalue weighted by atomic mass is 10.2. The highest BCUT2D eigenvalue weighted by molar-refractivity contribution is 9.10. The molecule has 0 saturated heterocycles. The summed E-state index contributed by atoms with van der Waals surface area (Å²) in [6, 6.07) is 5.49. The van der Waals surface area contributed by atoms with Crippen molar-refractivity contribution in [1.29, 1.82) is 0 Å². The molecule has 1 N–H and O–H groups in total. The Morgan fingerprint density at radius 2 is 2.08 bits per heavy atom. The van der Waals surface area contributed by atoms with Gasteiger partial charge in [-0.05, 0) is 34.1 Å². The number of fused-ring (bicyclic) bond motifs is 1. The summed E-state index contributed by atoms with van der Waals surface area (Å²) in [4.78, 5) is 12.5. The number of rotatable bonds is 4. The second-order valence-electron chi connectivity index (χ2n) is 5.07. The van der Waals surface area contributed by atoms with Gasteiger partial charge in [0.1, 0.15) is 5.82 Å². The van der Waals surface area contributed by atoms with Gasteiger partial charge in [0.25, 0.3) is 5.91 Å². The van der Waals surface area contributed by atoms with Gasteiger partial charge < -0.3 is 5.32 Å². The summed E-state index contributed by atoms with van der Waals surface area (Å²) < 4.78 is 41.3. The van der Waals surface area contributed by atoms with Crippen LogP contribution in [0, 0.1) is 5.82 Å². The predicted octanol–water partition coefficient (Wildman–Crippen LogP) is 2.58. The number of carbonyl (C=O) groups excluding carboxylic acids is 1. The van der Waals surface area contributed by atoms with Crippen LogP contribution in [0.1, 0.15) is 9.67 Å². The molecule has 128 valence electrons. The zero-order chi connectivity index (χ0) is 17.5. The van der Waals surface area contributed by atoms with E-state index in [1.54, 1.807) is 11.4 Å². The Hall–Kier alpha value is -1.65. The van der Waals surface area contributed by atoms with Crippen molar-refractivity contribution in [2.45, 2.75) is 0 Å². The first-order valence-corrected chi connectivity index (χ1v) is 9.96. The first-order valence-electron chi connectivity index (χ1n) is 6.89. The van der Waals surface area contributed by atoms with Crippen molar-refractivity contribution < 1.29 is 17.6 Å². The molecule has 0 atom stereocenters. The number of nitrogens with zero attached hydrogens (tertiary/aromatic N) is 2. The molecule has 0 aliphatic carbocycles. The molecule has 1 aromatic carbocycles. The smallest absolute Gasteiger partial charge is 0.326 e. The van der Waals surface area contributed by atoms with Gasteiger partial charge in [-0.15, -0.1) is 11.3 Å². The Morgan fingerprint density at radius 1 is 1.33 bits per heavy atom. The standard InChI is InChI=1S/C14H13BrFN3O3S2/c1-18-11-3-2-10(16)7-12(11)19(24(18,21)22)5-4-17-14(20)13-6-9(15)8-23-13/h2-3,6-8H,4-5H2,1H3,(H,17,20). The average molecular weight is 434 g/mol. The first-order chi connectivity index (χ1) is 11.3. The van der Waals surface area contributed by atoms with E-state index in [2.05, 4.69) is 21.2 Å². The van der Waals surface area contributed by atoms with Gasteiger partial charge in [-0.25, -0.2) is 8.70 Å². The molecule has 0 radical (unpaired) electrons. The molecule has 6 nitrogen and oxygen atoms in total. The summed E-state index contributed by atoms with van der Waals surface area (Å²) in [6.45, 7) is 0.124. The number of amides is 1. The monoisotopic (exact) mass is 433 g/mol. The van der Waals surface area contributed by atoms with Crippen LogP contribution >= 0.6 is 27.3 Å². The zero-order valence-electron chi connectivity index (χ0n) is 12.5. The van der Waals surface area contributed by atoms with Crippen molar-refractivity contribution in [1.82, 2.24) is 5.32 Å². The number of benzene rings is 1. The van der Waals surface area contributed by atoms with Crippen molar-refractivity contribution in [2.24, 2.45) is 0 Å². The third-order valence-electron chi connectivity index (χ3n) is 3.56. The molecule has 0 unspecified atom stereocenters. The van der Waals surface area contributed by atoms with Crippen molar-refractivity contribution >= 4 is 54.8 Å². The lowest BCUT2D eigenvalue weighted by Gasteiger charge is -2.19. The second kappa shape index (κ2) is 6.34. The van der Waals surface area contributed by atoms with Gasteiger partial charge in [0.15, 0.2) is 0 Å². The van der Waals surface area contributed by atoms with Crippen LogP contribution in [-0.2, 0) is 10.2 Å². The Bertz CT molecular complexity index is 900. The molecule has 1 aliphatic rings. The van der Waals surface area contributed by atoms with E-state index in [1.807, 2.05) is 0 Å². The molecule has 1 amide bonds. The number of hydrogen-bond donors (Lipinski definition) is 1. The van der Waals surface area contributed by atoms with Gasteiger partial charge in [-0.3, -0.25) is 9.10 Å². The summed E-state index contributed by atoms with van der Waals surface area (Å²) in [7, 11) is -2.35. The summed E-state index contributed by atoms with van der Waals surface area (Å²) in [5, 5.41) is 4.46. The first kappa shape index (κ1) is 17.2. The van der Waals surface area contributed by atoms with E-state index >= 15 is 0 Å². The highest BCUT2D eigenvalue weighted by atomic mass is 79.9. The Labute approximate surface area is 151 Å². The van der Waals surface area contributed by atoms with Crippen LogP contribution in [0.15, 0.2) is 34.1 Å². The average Bonchev–Trinajstić information content (AvgIpc) is 3.03. The molecule has 0 spiro atoms. The van der Waals surface area contributed by atoms with E-state index < -0.39 is 16.0 Å². The van der Waals surface area contributed by atoms with Gasteiger partial charge >= 0.3 is 10.2 Å². The molecule has 10 heteroatoms. The van der Waals surface area contributed by atoms with Crippen LogP contribution < -0.4 is 13.9 Å². The number of nitrogens with one attached hydrogen (secondary N) is 1. The van der Waals surface area contributed by atoms with Gasteiger partial charge in [0, 0.05) is 29.5 Å². The fourth-order valence-electron chi connectivity index (χ4n) is 2.39. The molecule has 1 aliphatic heterocycles. The maximum absolute atomic E-state index is 13.5. The van der Waals surface area contributed by atoms with Crippen LogP contribution in [0.5, 0.6) is 0 Å². The van der Waals surface area contributed by atoms with Gasteiger partial charge in [-0.2, -0.15) is 8.42 Å². The molecule has 2 heterocycles. The second-order valence-corrected chi connectivity index (χ2v) is 8.78. The fourth-order valence-corrected chi connectivity index (χ4v) is 5.14. The third-order valence-corrected chi connectivity index (χ3v) is 7.08. The van der Waals surface area contributed by atoms with Crippen molar-refractivity contribution in [3.8, 4) is 0 Å². The molecule has 0 bridgehead atoms. The summed E-state index contributed by atoms with van der Waals surface area (Å²) in [6.07, 6.45) is 0. The van der Waals surface area contributed by atoms with Gasteiger partial charge in [-0.1, -0.05) is 0 Å². The topological polar surface area (TPSA) is 69.7 Å². The number of anilines is 2. The summed E-state index contributed by atoms with van der Waals surface area (Å²) in [5.74, 6) is -0.799. The van der Waals surface area contributed by atoms with E-state index in [-0.39, 0.29) is 24.7 Å². The summed E-state index contributed by atoms with van der Waals surface area (Å²) in [5.41, 5.74) is 0.676. The van der Waals surface area contributed by atoms with Crippen molar-refractivity contribution in [3.63, 3.8) is 0 Å². The maximum atomic E-state index is 13.5. The highest BCUT2D eigenvalue weighted by Gasteiger charge is 2.37. The van der Waals surface area contributed by atoms with E-state index in [4.69, 9.17) is 0 Å². The van der Waals surface area contributed by atoms with Crippen molar-refractivity contribution in [3.05, 3.63) is 44.8 Å². The Kier molecular flexibility index (Phi) is 4.54. The quantitative estimate of drug-likeness (QED) is 0.805.